The minimum atomic E-state index is -0.166. The molecule has 0 amide bonds. The van der Waals surface area contributed by atoms with Crippen molar-refractivity contribution in [2.75, 3.05) is 0 Å². The van der Waals surface area contributed by atoms with E-state index in [2.05, 4.69) is 17.3 Å². The maximum Gasteiger partial charge on any atom is 0.214 e. The molecule has 120 valence electrons. The molecular formula is C20H18N2O2. The third-order valence-electron chi connectivity index (χ3n) is 4.48. The van der Waals surface area contributed by atoms with Gasteiger partial charge in [0.15, 0.2) is 0 Å². The van der Waals surface area contributed by atoms with Gasteiger partial charge in [-0.1, -0.05) is 42.5 Å². The molecule has 4 heteroatoms. The molecule has 0 bridgehead atoms. The van der Waals surface area contributed by atoms with E-state index < -0.39 is 0 Å². The molecule has 0 spiro atoms. The van der Waals surface area contributed by atoms with Crippen molar-refractivity contribution in [3.63, 3.8) is 0 Å². The predicted molar refractivity (Wildman–Crippen MR) is 93.3 cm³/mol. The van der Waals surface area contributed by atoms with Gasteiger partial charge >= 0.3 is 0 Å². The van der Waals surface area contributed by atoms with E-state index in [1.807, 2.05) is 28.9 Å². The van der Waals surface area contributed by atoms with Crippen LogP contribution in [-0.4, -0.2) is 20.7 Å². The lowest BCUT2D eigenvalue weighted by atomic mass is 10.0. The van der Waals surface area contributed by atoms with Gasteiger partial charge in [-0.25, -0.2) is 0 Å². The van der Waals surface area contributed by atoms with Gasteiger partial charge in [-0.3, -0.25) is 9.48 Å². The Bertz CT molecular complexity index is 940. The summed E-state index contributed by atoms with van der Waals surface area (Å²) in [7, 11) is 0. The molecule has 0 saturated carbocycles. The van der Waals surface area contributed by atoms with Gasteiger partial charge in [0, 0.05) is 10.9 Å². The van der Waals surface area contributed by atoms with Gasteiger partial charge in [-0.05, 0) is 37.5 Å². The highest BCUT2D eigenvalue weighted by molar-refractivity contribution is 6.15. The zero-order valence-electron chi connectivity index (χ0n) is 13.2. The summed E-state index contributed by atoms with van der Waals surface area (Å²) in [6.07, 6.45) is 7.62. The molecule has 4 nitrogen and oxygen atoms in total. The fraction of sp³-hybridized carbons (Fsp3) is 0.200. The average molecular weight is 318 g/mol. The number of benzene rings is 2. The molecule has 3 aromatic rings. The lowest BCUT2D eigenvalue weighted by Gasteiger charge is -2.17. The zero-order chi connectivity index (χ0) is 16.5. The summed E-state index contributed by atoms with van der Waals surface area (Å²) in [5, 5.41) is 15.1. The molecule has 1 atom stereocenters. The van der Waals surface area contributed by atoms with E-state index in [-0.39, 0.29) is 17.6 Å². The van der Waals surface area contributed by atoms with Crippen LogP contribution < -0.4 is 0 Å². The Labute approximate surface area is 140 Å². The summed E-state index contributed by atoms with van der Waals surface area (Å²) in [6, 6.07) is 14.4. The van der Waals surface area contributed by atoms with Gasteiger partial charge in [-0.2, -0.15) is 5.10 Å². The van der Waals surface area contributed by atoms with Gasteiger partial charge in [-0.15, -0.1) is 0 Å². The Morgan fingerprint density at radius 1 is 1.17 bits per heavy atom. The first-order valence-corrected chi connectivity index (χ1v) is 8.22. The van der Waals surface area contributed by atoms with Crippen molar-refractivity contribution in [1.29, 1.82) is 0 Å². The number of hydrogen-bond donors (Lipinski definition) is 1. The van der Waals surface area contributed by atoms with Crippen LogP contribution in [0.15, 0.2) is 60.7 Å². The number of nitrogens with zero attached hydrogens (tertiary/aromatic N) is 2. The Hall–Kier alpha value is -2.88. The quantitative estimate of drug-likeness (QED) is 0.580. The van der Waals surface area contributed by atoms with E-state index in [1.54, 1.807) is 18.2 Å². The fourth-order valence-electron chi connectivity index (χ4n) is 3.29. The standard InChI is InChI=1S/C20H18N2O2/c23-16-10-6-7-14(13-16)20(24)19-17-11-4-5-12-18(17)22(21-19)15-8-2-1-3-9-15/h2,4-8,10-13,15,23H,1,3,9H2. The Balaban J connectivity index is 1.85. The summed E-state index contributed by atoms with van der Waals surface area (Å²) >= 11 is 0. The van der Waals surface area contributed by atoms with Crippen molar-refractivity contribution in [3.05, 3.63) is 71.9 Å². The van der Waals surface area contributed by atoms with Crippen LogP contribution in [0, 0.1) is 0 Å². The van der Waals surface area contributed by atoms with Crippen LogP contribution in [0.25, 0.3) is 10.9 Å². The Morgan fingerprint density at radius 2 is 2.04 bits per heavy atom. The van der Waals surface area contributed by atoms with E-state index in [9.17, 15) is 9.90 Å². The molecule has 1 aromatic heterocycles. The highest BCUT2D eigenvalue weighted by Gasteiger charge is 2.22. The molecule has 0 radical (unpaired) electrons. The number of ketones is 1. The summed E-state index contributed by atoms with van der Waals surface area (Å²) in [4.78, 5) is 12.9. The van der Waals surface area contributed by atoms with Crippen LogP contribution in [0.4, 0.5) is 0 Å². The van der Waals surface area contributed by atoms with Gasteiger partial charge in [0.1, 0.15) is 11.4 Å². The van der Waals surface area contributed by atoms with Crippen molar-refractivity contribution < 1.29 is 9.90 Å². The molecule has 0 aliphatic heterocycles. The summed E-state index contributed by atoms with van der Waals surface area (Å²) in [5.41, 5.74) is 1.86. The first-order valence-electron chi connectivity index (χ1n) is 8.22. The Kier molecular flexibility index (Phi) is 3.65. The second-order valence-corrected chi connectivity index (χ2v) is 6.12. The van der Waals surface area contributed by atoms with Crippen LogP contribution in [0.2, 0.25) is 0 Å². The van der Waals surface area contributed by atoms with E-state index >= 15 is 0 Å². The molecule has 2 aromatic carbocycles. The second-order valence-electron chi connectivity index (χ2n) is 6.12. The topological polar surface area (TPSA) is 55.1 Å². The zero-order valence-corrected chi connectivity index (χ0v) is 13.2. The molecule has 1 unspecified atom stereocenters. The molecule has 1 N–H and O–H groups in total. The van der Waals surface area contributed by atoms with Crippen LogP contribution >= 0.6 is 0 Å². The number of aromatic nitrogens is 2. The van der Waals surface area contributed by atoms with Gasteiger partial charge in [0.25, 0.3) is 0 Å². The van der Waals surface area contributed by atoms with Gasteiger partial charge < -0.3 is 5.11 Å². The van der Waals surface area contributed by atoms with Crippen molar-refractivity contribution in [2.24, 2.45) is 0 Å². The first kappa shape index (κ1) is 14.7. The van der Waals surface area contributed by atoms with E-state index in [0.29, 0.717) is 11.3 Å². The number of carbonyl (C=O) groups excluding carboxylic acids is 1. The number of carbonyl (C=O) groups is 1. The SMILES string of the molecule is O=C(c1cccc(O)c1)c1nn(C2C=CCCC2)c2ccccc12. The number of aromatic hydroxyl groups is 1. The highest BCUT2D eigenvalue weighted by atomic mass is 16.3. The minimum absolute atomic E-state index is 0.0832. The average Bonchev–Trinajstić information content (AvgIpc) is 3.01. The molecule has 24 heavy (non-hydrogen) atoms. The van der Waals surface area contributed by atoms with Crippen molar-refractivity contribution in [2.45, 2.75) is 25.3 Å². The number of phenolic OH excluding ortho intramolecular Hbond substituents is 1. The lowest BCUT2D eigenvalue weighted by molar-refractivity contribution is 0.103. The van der Waals surface area contributed by atoms with Crippen molar-refractivity contribution >= 4 is 16.7 Å². The van der Waals surface area contributed by atoms with E-state index in [4.69, 9.17) is 0 Å². The van der Waals surface area contributed by atoms with Crippen molar-refractivity contribution in [3.8, 4) is 5.75 Å². The third-order valence-corrected chi connectivity index (χ3v) is 4.48. The predicted octanol–water partition coefficient (Wildman–Crippen LogP) is 4.25. The van der Waals surface area contributed by atoms with Crippen molar-refractivity contribution in [1.82, 2.24) is 9.78 Å². The number of hydrogen-bond acceptors (Lipinski definition) is 3. The minimum Gasteiger partial charge on any atom is -0.508 e. The molecule has 0 fully saturated rings. The highest BCUT2D eigenvalue weighted by Crippen LogP contribution is 2.29. The van der Waals surface area contributed by atoms with Crippen LogP contribution in [0.3, 0.4) is 0 Å². The summed E-state index contributed by atoms with van der Waals surface area (Å²) in [5.74, 6) is -0.0829. The Morgan fingerprint density at radius 3 is 2.83 bits per heavy atom. The first-order chi connectivity index (χ1) is 11.7. The fourth-order valence-corrected chi connectivity index (χ4v) is 3.29. The number of rotatable bonds is 3. The molecule has 0 saturated heterocycles. The number of fused-ring (bicyclic) bond motifs is 1. The number of para-hydroxylation sites is 1. The number of allylic oxidation sites excluding steroid dienone is 2. The molecule has 4 rings (SSSR count). The smallest absolute Gasteiger partial charge is 0.214 e. The van der Waals surface area contributed by atoms with E-state index in [0.717, 1.165) is 30.2 Å². The lowest BCUT2D eigenvalue weighted by Crippen LogP contribution is -2.12. The van der Waals surface area contributed by atoms with Gasteiger partial charge in [0.05, 0.1) is 11.6 Å². The maximum atomic E-state index is 12.9. The van der Waals surface area contributed by atoms with Crippen LogP contribution in [0.1, 0.15) is 41.4 Å². The molecule has 1 aliphatic carbocycles. The largest absolute Gasteiger partial charge is 0.508 e. The third kappa shape index (κ3) is 2.50. The number of phenols is 1. The van der Waals surface area contributed by atoms with Crippen LogP contribution in [0.5, 0.6) is 5.75 Å². The van der Waals surface area contributed by atoms with E-state index in [1.165, 1.54) is 6.07 Å². The molecule has 1 aliphatic rings. The summed E-state index contributed by atoms with van der Waals surface area (Å²) < 4.78 is 1.96. The maximum absolute atomic E-state index is 12.9. The second kappa shape index (κ2) is 5.96. The normalized spacial score (nSPS) is 17.2. The summed E-state index contributed by atoms with van der Waals surface area (Å²) in [6.45, 7) is 0. The van der Waals surface area contributed by atoms with Crippen LogP contribution in [-0.2, 0) is 0 Å². The molecular weight excluding hydrogens is 300 g/mol. The van der Waals surface area contributed by atoms with Gasteiger partial charge in [0.2, 0.25) is 5.78 Å². The molecule has 1 heterocycles. The monoisotopic (exact) mass is 318 g/mol.